The molecule has 1 aliphatic heterocycles. The van der Waals surface area contributed by atoms with Gasteiger partial charge in [-0.2, -0.15) is 5.10 Å². The Morgan fingerprint density at radius 1 is 1.33 bits per heavy atom. The molecule has 100 valence electrons. The molecular weight excluding hydrogens is 226 g/mol. The normalized spacial score (nSPS) is 14.5. The number of aromatic nitrogens is 2. The molecule has 4 heteroatoms. The average Bonchev–Trinajstić information content (AvgIpc) is 2.39. The van der Waals surface area contributed by atoms with E-state index in [0.717, 1.165) is 43.7 Å². The van der Waals surface area contributed by atoms with E-state index in [1.165, 1.54) is 25.7 Å². The first kappa shape index (κ1) is 13.3. The maximum absolute atomic E-state index is 11.9. The predicted molar refractivity (Wildman–Crippen MR) is 72.7 cm³/mol. The van der Waals surface area contributed by atoms with E-state index in [4.69, 9.17) is 0 Å². The van der Waals surface area contributed by atoms with Crippen molar-refractivity contribution in [3.63, 3.8) is 0 Å². The van der Waals surface area contributed by atoms with Crippen LogP contribution in [0.2, 0.25) is 0 Å². The second kappa shape index (κ2) is 6.69. The van der Waals surface area contributed by atoms with Gasteiger partial charge in [0.2, 0.25) is 0 Å². The van der Waals surface area contributed by atoms with Crippen molar-refractivity contribution in [3.05, 3.63) is 27.7 Å². The van der Waals surface area contributed by atoms with Crippen LogP contribution in [0.15, 0.2) is 10.9 Å². The molecule has 4 nitrogen and oxygen atoms in total. The molecule has 0 atom stereocenters. The fourth-order valence-electron chi connectivity index (χ4n) is 2.38. The molecule has 0 radical (unpaired) electrons. The van der Waals surface area contributed by atoms with E-state index in [9.17, 15) is 4.79 Å². The topological polar surface area (TPSA) is 46.9 Å². The van der Waals surface area contributed by atoms with Crippen molar-refractivity contribution in [1.82, 2.24) is 15.1 Å². The van der Waals surface area contributed by atoms with Gasteiger partial charge in [0.25, 0.3) is 5.56 Å². The van der Waals surface area contributed by atoms with Crippen molar-refractivity contribution in [2.24, 2.45) is 0 Å². The predicted octanol–water partition coefficient (Wildman–Crippen LogP) is 1.86. The zero-order chi connectivity index (χ0) is 12.8. The fourth-order valence-corrected chi connectivity index (χ4v) is 2.38. The molecule has 1 aliphatic rings. The van der Waals surface area contributed by atoms with Gasteiger partial charge < -0.3 is 5.32 Å². The quantitative estimate of drug-likeness (QED) is 0.783. The average molecular weight is 249 g/mol. The van der Waals surface area contributed by atoms with Gasteiger partial charge >= 0.3 is 0 Å². The zero-order valence-corrected chi connectivity index (χ0v) is 11.2. The molecule has 0 saturated carbocycles. The van der Waals surface area contributed by atoms with Crippen molar-refractivity contribution in [1.29, 1.82) is 0 Å². The number of hydrogen-bond acceptors (Lipinski definition) is 3. The number of fused-ring (bicyclic) bond motifs is 1. The lowest BCUT2D eigenvalue weighted by Crippen LogP contribution is -2.31. The van der Waals surface area contributed by atoms with Gasteiger partial charge in [0.15, 0.2) is 0 Å². The van der Waals surface area contributed by atoms with Gasteiger partial charge in [0, 0.05) is 32.1 Å². The van der Waals surface area contributed by atoms with Gasteiger partial charge in [-0.05, 0) is 12.0 Å². The monoisotopic (exact) mass is 249 g/mol. The summed E-state index contributed by atoms with van der Waals surface area (Å²) in [6.07, 6.45) is 7.00. The molecule has 2 rings (SSSR count). The van der Waals surface area contributed by atoms with Crippen LogP contribution in [-0.4, -0.2) is 16.3 Å². The van der Waals surface area contributed by atoms with E-state index < -0.39 is 0 Å². The lowest BCUT2D eigenvalue weighted by molar-refractivity contribution is 0.493. The molecule has 0 saturated heterocycles. The smallest absolute Gasteiger partial charge is 0.267 e. The molecular formula is C14H23N3O. The van der Waals surface area contributed by atoms with Crippen LogP contribution in [-0.2, 0) is 19.5 Å². The molecule has 0 spiro atoms. The van der Waals surface area contributed by atoms with E-state index in [-0.39, 0.29) is 5.56 Å². The molecule has 1 aromatic rings. The van der Waals surface area contributed by atoms with Crippen LogP contribution in [0.4, 0.5) is 0 Å². The maximum atomic E-state index is 11.9. The molecule has 2 heterocycles. The largest absolute Gasteiger partial charge is 0.312 e. The Morgan fingerprint density at radius 2 is 2.17 bits per heavy atom. The second-order valence-electron chi connectivity index (χ2n) is 5.02. The zero-order valence-electron chi connectivity index (χ0n) is 11.2. The number of nitrogens with one attached hydrogen (secondary N) is 1. The number of nitrogens with zero attached hydrogens (tertiary/aromatic N) is 2. The van der Waals surface area contributed by atoms with Crippen molar-refractivity contribution in [2.45, 2.75) is 58.5 Å². The molecule has 0 amide bonds. The summed E-state index contributed by atoms with van der Waals surface area (Å²) in [6.45, 7) is 4.73. The van der Waals surface area contributed by atoms with Crippen molar-refractivity contribution in [3.8, 4) is 0 Å². The Hall–Kier alpha value is -1.16. The van der Waals surface area contributed by atoms with E-state index in [1.807, 2.05) is 0 Å². The van der Waals surface area contributed by atoms with Crippen LogP contribution in [0.1, 0.15) is 50.3 Å². The van der Waals surface area contributed by atoms with Gasteiger partial charge in [-0.25, -0.2) is 4.68 Å². The van der Waals surface area contributed by atoms with E-state index in [1.54, 1.807) is 10.7 Å². The SMILES string of the molecule is CCCCCCCn1nc2c(cc1=O)CNCC2. The molecule has 0 aliphatic carbocycles. The van der Waals surface area contributed by atoms with E-state index in [0.29, 0.717) is 0 Å². The number of hydrogen-bond donors (Lipinski definition) is 1. The lowest BCUT2D eigenvalue weighted by atomic mass is 10.1. The first-order valence-electron chi connectivity index (χ1n) is 7.12. The summed E-state index contributed by atoms with van der Waals surface area (Å²) >= 11 is 0. The highest BCUT2D eigenvalue weighted by Gasteiger charge is 2.12. The van der Waals surface area contributed by atoms with Crippen LogP contribution < -0.4 is 10.9 Å². The highest BCUT2D eigenvalue weighted by Crippen LogP contribution is 2.08. The van der Waals surface area contributed by atoms with Crippen LogP contribution in [0.3, 0.4) is 0 Å². The summed E-state index contributed by atoms with van der Waals surface area (Å²) in [6, 6.07) is 1.75. The summed E-state index contributed by atoms with van der Waals surface area (Å²) in [5, 5.41) is 7.76. The summed E-state index contributed by atoms with van der Waals surface area (Å²) in [5.74, 6) is 0. The molecule has 1 aromatic heterocycles. The molecule has 0 fully saturated rings. The third kappa shape index (κ3) is 3.42. The van der Waals surface area contributed by atoms with Gasteiger partial charge in [-0.3, -0.25) is 4.79 Å². The highest BCUT2D eigenvalue weighted by atomic mass is 16.1. The minimum atomic E-state index is 0.0490. The van der Waals surface area contributed by atoms with Crippen LogP contribution >= 0.6 is 0 Å². The summed E-state index contributed by atoms with van der Waals surface area (Å²) < 4.78 is 1.65. The third-order valence-corrected chi connectivity index (χ3v) is 3.49. The summed E-state index contributed by atoms with van der Waals surface area (Å²) in [7, 11) is 0. The molecule has 0 aromatic carbocycles. The van der Waals surface area contributed by atoms with Crippen LogP contribution in [0, 0.1) is 0 Å². The maximum Gasteiger partial charge on any atom is 0.267 e. The Balaban J connectivity index is 1.94. The van der Waals surface area contributed by atoms with Crippen molar-refractivity contribution >= 4 is 0 Å². The fraction of sp³-hybridized carbons (Fsp3) is 0.714. The summed E-state index contributed by atoms with van der Waals surface area (Å²) in [5.41, 5.74) is 2.23. The minimum absolute atomic E-state index is 0.0490. The molecule has 18 heavy (non-hydrogen) atoms. The van der Waals surface area contributed by atoms with Crippen LogP contribution in [0.25, 0.3) is 0 Å². The van der Waals surface area contributed by atoms with Gasteiger partial charge in [-0.15, -0.1) is 0 Å². The summed E-state index contributed by atoms with van der Waals surface area (Å²) in [4.78, 5) is 11.9. The standard InChI is InChI=1S/C14H23N3O/c1-2-3-4-5-6-9-17-14(18)10-12-11-15-8-7-13(12)16-17/h10,15H,2-9,11H2,1H3. The molecule has 0 bridgehead atoms. The molecule has 1 N–H and O–H groups in total. The Labute approximate surface area is 108 Å². The Kier molecular flexibility index (Phi) is 4.93. The van der Waals surface area contributed by atoms with Crippen molar-refractivity contribution < 1.29 is 0 Å². The van der Waals surface area contributed by atoms with E-state index >= 15 is 0 Å². The van der Waals surface area contributed by atoms with Crippen molar-refractivity contribution in [2.75, 3.05) is 6.54 Å². The number of unbranched alkanes of at least 4 members (excludes halogenated alkanes) is 4. The first-order valence-corrected chi connectivity index (χ1v) is 7.12. The number of aryl methyl sites for hydroxylation is 1. The van der Waals surface area contributed by atoms with Gasteiger partial charge in [-0.1, -0.05) is 32.6 Å². The van der Waals surface area contributed by atoms with E-state index in [2.05, 4.69) is 17.3 Å². The lowest BCUT2D eigenvalue weighted by Gasteiger charge is -2.17. The second-order valence-corrected chi connectivity index (χ2v) is 5.02. The van der Waals surface area contributed by atoms with Crippen LogP contribution in [0.5, 0.6) is 0 Å². The first-order chi connectivity index (χ1) is 8.81. The molecule has 0 unspecified atom stereocenters. The van der Waals surface area contributed by atoms with Gasteiger partial charge in [0.05, 0.1) is 5.69 Å². The number of rotatable bonds is 6. The third-order valence-electron chi connectivity index (χ3n) is 3.49. The Bertz CT molecular complexity index is 439. The Morgan fingerprint density at radius 3 is 3.00 bits per heavy atom. The highest BCUT2D eigenvalue weighted by molar-refractivity contribution is 5.20. The minimum Gasteiger partial charge on any atom is -0.312 e. The van der Waals surface area contributed by atoms with Gasteiger partial charge in [0.1, 0.15) is 0 Å².